The number of rotatable bonds is 7. The maximum atomic E-state index is 12.2. The number of anilines is 1. The van der Waals surface area contributed by atoms with Crippen molar-refractivity contribution in [3.8, 4) is 0 Å². The normalized spacial score (nSPS) is 12.7. The van der Waals surface area contributed by atoms with Gasteiger partial charge in [-0.25, -0.2) is 4.79 Å². The third-order valence-electron chi connectivity index (χ3n) is 4.19. The molecule has 0 aromatic carbocycles. The van der Waals surface area contributed by atoms with Gasteiger partial charge in [0.2, 0.25) is 5.91 Å². The first-order chi connectivity index (χ1) is 12.5. The van der Waals surface area contributed by atoms with Crippen LogP contribution in [0.5, 0.6) is 0 Å². The van der Waals surface area contributed by atoms with Gasteiger partial charge in [0.05, 0.1) is 17.6 Å². The molecular formula is C16H18N4O5S. The summed E-state index contributed by atoms with van der Waals surface area (Å²) in [7, 11) is 1.33. The summed E-state index contributed by atoms with van der Waals surface area (Å²) in [6.45, 7) is 0.395. The highest BCUT2D eigenvalue weighted by molar-refractivity contribution is 7.17. The van der Waals surface area contributed by atoms with Crippen molar-refractivity contribution in [1.29, 1.82) is 0 Å². The predicted octanol–water partition coefficient (Wildman–Crippen LogP) is 2.55. The third-order valence-corrected chi connectivity index (χ3v) is 5.39. The van der Waals surface area contributed by atoms with Crippen molar-refractivity contribution in [2.75, 3.05) is 12.4 Å². The van der Waals surface area contributed by atoms with Crippen LogP contribution in [0.25, 0.3) is 0 Å². The first-order valence-corrected chi connectivity index (χ1v) is 9.00. The smallest absolute Gasteiger partial charge is 0.341 e. The van der Waals surface area contributed by atoms with Gasteiger partial charge in [0.1, 0.15) is 17.4 Å². The van der Waals surface area contributed by atoms with Crippen LogP contribution in [0.1, 0.15) is 40.1 Å². The van der Waals surface area contributed by atoms with E-state index in [2.05, 4.69) is 10.4 Å². The van der Waals surface area contributed by atoms with Gasteiger partial charge in [0.15, 0.2) is 0 Å². The number of aryl methyl sites for hydroxylation is 2. The van der Waals surface area contributed by atoms with Crippen LogP contribution >= 0.6 is 11.3 Å². The predicted molar refractivity (Wildman–Crippen MR) is 94.4 cm³/mol. The second kappa shape index (κ2) is 7.65. The molecule has 3 rings (SSSR count). The molecule has 2 aromatic heterocycles. The lowest BCUT2D eigenvalue weighted by atomic mass is 10.1. The van der Waals surface area contributed by atoms with E-state index in [1.54, 1.807) is 0 Å². The Morgan fingerprint density at radius 2 is 2.27 bits per heavy atom. The number of methoxy groups -OCH3 is 1. The van der Waals surface area contributed by atoms with E-state index >= 15 is 0 Å². The summed E-state index contributed by atoms with van der Waals surface area (Å²) in [5.74, 6) is -0.639. The van der Waals surface area contributed by atoms with Crippen LogP contribution in [-0.2, 0) is 28.9 Å². The molecule has 1 aliphatic rings. The SMILES string of the molecule is COC(=O)c1c(NC(=O)CCCn2cc([N+](=O)[O-])cn2)sc2c1CCC2. The summed E-state index contributed by atoms with van der Waals surface area (Å²) in [5.41, 5.74) is 1.38. The number of ether oxygens (including phenoxy) is 1. The molecule has 0 atom stereocenters. The topological polar surface area (TPSA) is 116 Å². The fourth-order valence-electron chi connectivity index (χ4n) is 2.97. The molecule has 0 saturated carbocycles. The number of nitro groups is 1. The minimum Gasteiger partial charge on any atom is -0.465 e. The molecule has 1 amide bonds. The molecule has 1 N–H and O–H groups in total. The van der Waals surface area contributed by atoms with Gasteiger partial charge >= 0.3 is 11.7 Å². The minimum absolute atomic E-state index is 0.0785. The van der Waals surface area contributed by atoms with Crippen LogP contribution in [0.3, 0.4) is 0 Å². The van der Waals surface area contributed by atoms with E-state index in [4.69, 9.17) is 4.74 Å². The zero-order valence-electron chi connectivity index (χ0n) is 14.2. The highest BCUT2D eigenvalue weighted by Crippen LogP contribution is 2.39. The Labute approximate surface area is 153 Å². The molecular weight excluding hydrogens is 360 g/mol. The molecule has 0 spiro atoms. The Kier molecular flexibility index (Phi) is 5.31. The monoisotopic (exact) mass is 378 g/mol. The van der Waals surface area contributed by atoms with Crippen molar-refractivity contribution >= 4 is 33.9 Å². The van der Waals surface area contributed by atoms with Gasteiger partial charge in [-0.2, -0.15) is 5.10 Å². The summed E-state index contributed by atoms with van der Waals surface area (Å²) in [6.07, 6.45) is 5.95. The van der Waals surface area contributed by atoms with Crippen LogP contribution in [0.15, 0.2) is 12.4 Å². The highest BCUT2D eigenvalue weighted by atomic mass is 32.1. The molecule has 0 fully saturated rings. The number of thiophene rings is 1. The fraction of sp³-hybridized carbons (Fsp3) is 0.438. The number of amides is 1. The third kappa shape index (κ3) is 3.74. The number of esters is 1. The zero-order valence-corrected chi connectivity index (χ0v) is 15.0. The lowest BCUT2D eigenvalue weighted by Crippen LogP contribution is -2.15. The highest BCUT2D eigenvalue weighted by Gasteiger charge is 2.27. The number of carbonyl (C=O) groups excluding carboxylic acids is 2. The van der Waals surface area contributed by atoms with Gasteiger partial charge < -0.3 is 10.1 Å². The maximum Gasteiger partial charge on any atom is 0.341 e. The number of nitrogens with one attached hydrogen (secondary N) is 1. The fourth-order valence-corrected chi connectivity index (χ4v) is 4.26. The molecule has 2 heterocycles. The van der Waals surface area contributed by atoms with Gasteiger partial charge in [0.25, 0.3) is 0 Å². The maximum absolute atomic E-state index is 12.2. The number of nitrogens with zero attached hydrogens (tertiary/aromatic N) is 3. The van der Waals surface area contributed by atoms with Gasteiger partial charge in [-0.15, -0.1) is 11.3 Å². The second-order valence-corrected chi connectivity index (χ2v) is 7.03. The molecule has 0 saturated heterocycles. The van der Waals surface area contributed by atoms with Gasteiger partial charge in [0, 0.05) is 17.8 Å². The van der Waals surface area contributed by atoms with Crippen molar-refractivity contribution in [2.45, 2.75) is 38.6 Å². The van der Waals surface area contributed by atoms with E-state index in [0.717, 1.165) is 29.7 Å². The largest absolute Gasteiger partial charge is 0.465 e. The van der Waals surface area contributed by atoms with Crippen LogP contribution in [0.2, 0.25) is 0 Å². The summed E-state index contributed by atoms with van der Waals surface area (Å²) in [4.78, 5) is 35.5. The molecule has 0 aliphatic heterocycles. The van der Waals surface area contributed by atoms with Gasteiger partial charge in [-0.1, -0.05) is 0 Å². The molecule has 9 nitrogen and oxygen atoms in total. The van der Waals surface area contributed by atoms with E-state index in [0.29, 0.717) is 23.5 Å². The second-order valence-electron chi connectivity index (χ2n) is 5.92. The van der Waals surface area contributed by atoms with Crippen molar-refractivity contribution in [2.24, 2.45) is 0 Å². The zero-order chi connectivity index (χ0) is 18.7. The summed E-state index contributed by atoms with van der Waals surface area (Å²) in [5, 5.41) is 17.9. The van der Waals surface area contributed by atoms with Crippen molar-refractivity contribution in [1.82, 2.24) is 9.78 Å². The number of carbonyl (C=O) groups is 2. The Balaban J connectivity index is 1.58. The van der Waals surface area contributed by atoms with E-state index in [-0.39, 0.29) is 18.0 Å². The van der Waals surface area contributed by atoms with E-state index in [9.17, 15) is 19.7 Å². The van der Waals surface area contributed by atoms with Gasteiger partial charge in [-0.3, -0.25) is 19.6 Å². The quantitative estimate of drug-likeness (QED) is 0.450. The van der Waals surface area contributed by atoms with E-state index < -0.39 is 10.9 Å². The Morgan fingerprint density at radius 1 is 1.46 bits per heavy atom. The molecule has 0 unspecified atom stereocenters. The van der Waals surface area contributed by atoms with Crippen molar-refractivity contribution in [3.05, 3.63) is 38.5 Å². The molecule has 2 aromatic rings. The van der Waals surface area contributed by atoms with Crippen LogP contribution < -0.4 is 5.32 Å². The first-order valence-electron chi connectivity index (χ1n) is 8.19. The Hall–Kier alpha value is -2.75. The minimum atomic E-state index is -0.513. The number of fused-ring (bicyclic) bond motifs is 1. The molecule has 10 heteroatoms. The average Bonchev–Trinajstić information content (AvgIpc) is 3.30. The molecule has 0 radical (unpaired) electrons. The number of hydrogen-bond acceptors (Lipinski definition) is 7. The van der Waals surface area contributed by atoms with E-state index in [1.807, 2.05) is 0 Å². The standard InChI is InChI=1S/C16H18N4O5S/c1-25-16(22)14-11-4-2-5-12(11)26-15(14)18-13(21)6-3-7-19-9-10(8-17-19)20(23)24/h8-9H,2-7H2,1H3,(H,18,21). The average molecular weight is 378 g/mol. The summed E-state index contributed by atoms with van der Waals surface area (Å²) < 4.78 is 6.29. The van der Waals surface area contributed by atoms with Crippen LogP contribution in [0, 0.1) is 10.1 Å². The van der Waals surface area contributed by atoms with Crippen molar-refractivity contribution < 1.29 is 19.2 Å². The van der Waals surface area contributed by atoms with Crippen molar-refractivity contribution in [3.63, 3.8) is 0 Å². The molecule has 26 heavy (non-hydrogen) atoms. The van der Waals surface area contributed by atoms with E-state index in [1.165, 1.54) is 35.5 Å². The molecule has 0 bridgehead atoms. The lowest BCUT2D eigenvalue weighted by Gasteiger charge is -2.07. The Bertz CT molecular complexity index is 857. The summed E-state index contributed by atoms with van der Waals surface area (Å²) in [6, 6.07) is 0. The first kappa shape index (κ1) is 18.1. The van der Waals surface area contributed by atoms with Crippen LogP contribution in [-0.4, -0.2) is 33.7 Å². The molecule has 1 aliphatic carbocycles. The van der Waals surface area contributed by atoms with Crippen LogP contribution in [0.4, 0.5) is 10.7 Å². The number of hydrogen-bond donors (Lipinski definition) is 1. The summed E-state index contributed by atoms with van der Waals surface area (Å²) >= 11 is 1.43. The lowest BCUT2D eigenvalue weighted by molar-refractivity contribution is -0.385. The molecule has 138 valence electrons. The Morgan fingerprint density at radius 3 is 2.96 bits per heavy atom. The van der Waals surface area contributed by atoms with Gasteiger partial charge in [-0.05, 0) is 31.2 Å². The number of aromatic nitrogens is 2.